The molecule has 0 aliphatic carbocycles. The standard InChI is InChI=1S/C14H13NS2/c1-3-10-4-6-11(7-5-10)13-9-17-14(16-2)12(13)8-15/h4-7,9H,3H2,1-2H3. The predicted molar refractivity (Wildman–Crippen MR) is 75.6 cm³/mol. The first-order valence-electron chi connectivity index (χ1n) is 5.45. The van der Waals surface area contributed by atoms with Crippen molar-refractivity contribution >= 4 is 23.1 Å². The van der Waals surface area contributed by atoms with Gasteiger partial charge in [-0.25, -0.2) is 0 Å². The molecule has 0 N–H and O–H groups in total. The Bertz CT molecular complexity index is 547. The van der Waals surface area contributed by atoms with Gasteiger partial charge in [0.05, 0.1) is 9.77 Å². The third-order valence-electron chi connectivity index (χ3n) is 2.73. The van der Waals surface area contributed by atoms with Gasteiger partial charge in [-0.2, -0.15) is 5.26 Å². The number of hydrogen-bond donors (Lipinski definition) is 0. The monoisotopic (exact) mass is 259 g/mol. The predicted octanol–water partition coefficient (Wildman–Crippen LogP) is 4.57. The quantitative estimate of drug-likeness (QED) is 0.754. The normalized spacial score (nSPS) is 10.2. The molecule has 0 saturated heterocycles. The second-order valence-corrected chi connectivity index (χ2v) is 5.63. The van der Waals surface area contributed by atoms with Gasteiger partial charge in [0.1, 0.15) is 6.07 Å². The van der Waals surface area contributed by atoms with Gasteiger partial charge in [0, 0.05) is 10.9 Å². The van der Waals surface area contributed by atoms with Gasteiger partial charge >= 0.3 is 0 Å². The fourth-order valence-corrected chi connectivity index (χ4v) is 3.37. The first-order chi connectivity index (χ1) is 8.30. The molecule has 1 aromatic carbocycles. The number of aryl methyl sites for hydroxylation is 1. The first-order valence-corrected chi connectivity index (χ1v) is 7.55. The lowest BCUT2D eigenvalue weighted by Crippen LogP contribution is -1.82. The van der Waals surface area contributed by atoms with E-state index in [0.717, 1.165) is 27.3 Å². The Kier molecular flexibility index (Phi) is 3.88. The van der Waals surface area contributed by atoms with E-state index in [1.165, 1.54) is 5.56 Å². The van der Waals surface area contributed by atoms with Gasteiger partial charge in [-0.1, -0.05) is 31.2 Å². The maximum absolute atomic E-state index is 9.22. The van der Waals surface area contributed by atoms with Crippen LogP contribution in [0.4, 0.5) is 0 Å². The van der Waals surface area contributed by atoms with Crippen LogP contribution < -0.4 is 0 Å². The third-order valence-corrected chi connectivity index (χ3v) is 4.86. The van der Waals surface area contributed by atoms with Crippen molar-refractivity contribution in [3.63, 3.8) is 0 Å². The van der Waals surface area contributed by atoms with Crippen LogP contribution in [-0.4, -0.2) is 6.26 Å². The molecule has 86 valence electrons. The number of thiophene rings is 1. The molecule has 0 atom stereocenters. The van der Waals surface area contributed by atoms with Gasteiger partial charge < -0.3 is 0 Å². The van der Waals surface area contributed by atoms with Gasteiger partial charge in [-0.15, -0.1) is 23.1 Å². The van der Waals surface area contributed by atoms with Crippen molar-refractivity contribution in [2.24, 2.45) is 0 Å². The summed E-state index contributed by atoms with van der Waals surface area (Å²) in [7, 11) is 0. The van der Waals surface area contributed by atoms with Crippen LogP contribution in [-0.2, 0) is 6.42 Å². The molecule has 2 rings (SSSR count). The molecule has 1 nitrogen and oxygen atoms in total. The number of nitrogens with zero attached hydrogens (tertiary/aromatic N) is 1. The van der Waals surface area contributed by atoms with Crippen LogP contribution >= 0.6 is 23.1 Å². The minimum Gasteiger partial charge on any atom is -0.192 e. The smallest absolute Gasteiger partial charge is 0.102 e. The number of rotatable bonds is 3. The maximum atomic E-state index is 9.22. The van der Waals surface area contributed by atoms with Crippen molar-refractivity contribution in [2.75, 3.05) is 6.26 Å². The second-order valence-electron chi connectivity index (χ2n) is 3.68. The van der Waals surface area contributed by atoms with E-state index in [1.807, 2.05) is 6.26 Å². The molecular weight excluding hydrogens is 246 g/mol. The minimum absolute atomic E-state index is 0.812. The maximum Gasteiger partial charge on any atom is 0.102 e. The van der Waals surface area contributed by atoms with E-state index in [9.17, 15) is 5.26 Å². The molecule has 0 amide bonds. The molecule has 0 aliphatic rings. The highest BCUT2D eigenvalue weighted by molar-refractivity contribution is 8.00. The van der Waals surface area contributed by atoms with Crippen LogP contribution in [0.3, 0.4) is 0 Å². The van der Waals surface area contributed by atoms with E-state index in [2.05, 4.69) is 42.6 Å². The molecule has 0 spiro atoms. The van der Waals surface area contributed by atoms with Crippen molar-refractivity contribution < 1.29 is 0 Å². The lowest BCUT2D eigenvalue weighted by atomic mass is 10.0. The van der Waals surface area contributed by atoms with E-state index in [-0.39, 0.29) is 0 Å². The number of thioether (sulfide) groups is 1. The first kappa shape index (κ1) is 12.2. The van der Waals surface area contributed by atoms with E-state index in [4.69, 9.17) is 0 Å². The van der Waals surface area contributed by atoms with Crippen LogP contribution in [0.1, 0.15) is 18.1 Å². The summed E-state index contributed by atoms with van der Waals surface area (Å²) in [5.74, 6) is 0. The number of hydrogen-bond acceptors (Lipinski definition) is 3. The topological polar surface area (TPSA) is 23.8 Å². The highest BCUT2D eigenvalue weighted by Gasteiger charge is 2.11. The summed E-state index contributed by atoms with van der Waals surface area (Å²) < 4.78 is 1.10. The summed E-state index contributed by atoms with van der Waals surface area (Å²) in [4.78, 5) is 0. The van der Waals surface area contributed by atoms with Crippen LogP contribution in [0.25, 0.3) is 11.1 Å². The van der Waals surface area contributed by atoms with Gasteiger partial charge in [-0.05, 0) is 23.8 Å². The molecular formula is C14H13NS2. The molecule has 0 radical (unpaired) electrons. The third kappa shape index (κ3) is 2.38. The van der Waals surface area contributed by atoms with Gasteiger partial charge in [0.15, 0.2) is 0 Å². The highest BCUT2D eigenvalue weighted by Crippen LogP contribution is 2.36. The summed E-state index contributed by atoms with van der Waals surface area (Å²) in [6, 6.07) is 10.8. The average Bonchev–Trinajstić information content (AvgIpc) is 2.81. The summed E-state index contributed by atoms with van der Waals surface area (Å²) in [6.45, 7) is 2.14. The summed E-state index contributed by atoms with van der Waals surface area (Å²) in [6.07, 6.45) is 3.06. The molecule has 0 aliphatic heterocycles. The zero-order chi connectivity index (χ0) is 12.3. The fraction of sp³-hybridized carbons (Fsp3) is 0.214. The van der Waals surface area contributed by atoms with Crippen molar-refractivity contribution in [2.45, 2.75) is 17.6 Å². The Morgan fingerprint density at radius 1 is 1.29 bits per heavy atom. The van der Waals surface area contributed by atoms with Crippen LogP contribution in [0.15, 0.2) is 33.9 Å². The van der Waals surface area contributed by atoms with Crippen LogP contribution in [0, 0.1) is 11.3 Å². The summed E-state index contributed by atoms with van der Waals surface area (Å²) >= 11 is 3.29. The summed E-state index contributed by atoms with van der Waals surface area (Å²) in [5, 5.41) is 11.3. The van der Waals surface area contributed by atoms with Crippen molar-refractivity contribution in [3.05, 3.63) is 40.8 Å². The Hall–Kier alpha value is -1.24. The summed E-state index contributed by atoms with van der Waals surface area (Å²) in [5.41, 5.74) is 4.33. The van der Waals surface area contributed by atoms with Crippen LogP contribution in [0.2, 0.25) is 0 Å². The van der Waals surface area contributed by atoms with Gasteiger partial charge in [0.2, 0.25) is 0 Å². The molecule has 0 unspecified atom stereocenters. The van der Waals surface area contributed by atoms with Crippen molar-refractivity contribution in [1.29, 1.82) is 5.26 Å². The molecule has 0 fully saturated rings. The lowest BCUT2D eigenvalue weighted by molar-refractivity contribution is 1.14. The molecule has 1 heterocycles. The van der Waals surface area contributed by atoms with Crippen molar-refractivity contribution in [1.82, 2.24) is 0 Å². The lowest BCUT2D eigenvalue weighted by Gasteiger charge is -2.01. The zero-order valence-corrected chi connectivity index (χ0v) is 11.5. The second kappa shape index (κ2) is 5.39. The number of benzene rings is 1. The van der Waals surface area contributed by atoms with E-state index in [0.29, 0.717) is 0 Å². The zero-order valence-electron chi connectivity index (χ0n) is 9.86. The largest absolute Gasteiger partial charge is 0.192 e. The Balaban J connectivity index is 2.46. The Morgan fingerprint density at radius 3 is 2.53 bits per heavy atom. The molecule has 0 bridgehead atoms. The molecule has 2 aromatic rings. The molecule has 0 saturated carbocycles. The van der Waals surface area contributed by atoms with E-state index >= 15 is 0 Å². The van der Waals surface area contributed by atoms with Crippen molar-refractivity contribution in [3.8, 4) is 17.2 Å². The molecule has 17 heavy (non-hydrogen) atoms. The molecule has 3 heteroatoms. The van der Waals surface area contributed by atoms with E-state index < -0.39 is 0 Å². The van der Waals surface area contributed by atoms with Gasteiger partial charge in [-0.3, -0.25) is 0 Å². The molecule has 1 aromatic heterocycles. The number of nitriles is 1. The Labute approximate surface area is 110 Å². The van der Waals surface area contributed by atoms with E-state index in [1.54, 1.807) is 23.1 Å². The average molecular weight is 259 g/mol. The minimum atomic E-state index is 0.812. The highest BCUT2D eigenvalue weighted by atomic mass is 32.2. The van der Waals surface area contributed by atoms with Gasteiger partial charge in [0.25, 0.3) is 0 Å². The Morgan fingerprint density at radius 2 is 2.00 bits per heavy atom. The van der Waals surface area contributed by atoms with Crippen LogP contribution in [0.5, 0.6) is 0 Å². The SMILES string of the molecule is CCc1ccc(-c2csc(SC)c2C#N)cc1. The fourth-order valence-electron chi connectivity index (χ4n) is 1.73.